The van der Waals surface area contributed by atoms with Gasteiger partial charge in [0, 0.05) is 35.4 Å². The number of non-ortho nitro benzene ring substituents is 2. The minimum atomic E-state index is -0.604. The maximum absolute atomic E-state index is 13.0. The van der Waals surface area contributed by atoms with Gasteiger partial charge >= 0.3 is 0 Å². The molecule has 8 nitrogen and oxygen atoms in total. The van der Waals surface area contributed by atoms with Crippen LogP contribution in [-0.2, 0) is 0 Å². The number of carbonyl (C=O) groups excluding carboxylic acids is 1. The normalized spacial score (nSPS) is 10.3. The number of carbonyl (C=O) groups is 1. The first-order valence-corrected chi connectivity index (χ1v) is 7.95. The van der Waals surface area contributed by atoms with Crippen molar-refractivity contribution in [3.63, 3.8) is 0 Å². The zero-order chi connectivity index (χ0) is 20.3. The largest absolute Gasteiger partial charge is 0.321 e. The molecule has 28 heavy (non-hydrogen) atoms. The lowest BCUT2D eigenvalue weighted by molar-refractivity contribution is -0.385. The van der Waals surface area contributed by atoms with Crippen molar-refractivity contribution in [2.75, 3.05) is 5.32 Å². The second-order valence-electron chi connectivity index (χ2n) is 5.75. The molecule has 0 aliphatic carbocycles. The molecular weight excluding hydrogens is 369 g/mol. The van der Waals surface area contributed by atoms with Crippen LogP contribution in [0.15, 0.2) is 66.7 Å². The molecule has 1 amide bonds. The molecule has 0 spiro atoms. The topological polar surface area (TPSA) is 115 Å². The lowest BCUT2D eigenvalue weighted by Crippen LogP contribution is -2.13. The molecule has 3 rings (SSSR count). The summed E-state index contributed by atoms with van der Waals surface area (Å²) >= 11 is 0. The van der Waals surface area contributed by atoms with Crippen LogP contribution in [0.2, 0.25) is 0 Å². The Morgan fingerprint density at radius 1 is 0.821 bits per heavy atom. The Kier molecular flexibility index (Phi) is 5.07. The van der Waals surface area contributed by atoms with E-state index in [1.54, 1.807) is 0 Å². The maximum atomic E-state index is 13.0. The zero-order valence-corrected chi connectivity index (χ0v) is 14.2. The molecule has 0 fully saturated rings. The predicted molar refractivity (Wildman–Crippen MR) is 99.5 cm³/mol. The third kappa shape index (κ3) is 3.98. The fourth-order valence-corrected chi connectivity index (χ4v) is 2.56. The van der Waals surface area contributed by atoms with E-state index in [0.717, 1.165) is 12.1 Å². The van der Waals surface area contributed by atoms with Gasteiger partial charge in [0.25, 0.3) is 17.3 Å². The highest BCUT2D eigenvalue weighted by atomic mass is 19.1. The van der Waals surface area contributed by atoms with Crippen LogP contribution in [0.3, 0.4) is 0 Å². The summed E-state index contributed by atoms with van der Waals surface area (Å²) in [6, 6.07) is 14.3. The fraction of sp³-hybridized carbons (Fsp3) is 0. The fourth-order valence-electron chi connectivity index (χ4n) is 2.56. The summed E-state index contributed by atoms with van der Waals surface area (Å²) in [6.07, 6.45) is 0. The van der Waals surface area contributed by atoms with Crippen molar-refractivity contribution in [2.45, 2.75) is 0 Å². The summed E-state index contributed by atoms with van der Waals surface area (Å²) < 4.78 is 13.0. The van der Waals surface area contributed by atoms with Crippen LogP contribution in [0, 0.1) is 26.0 Å². The maximum Gasteiger partial charge on any atom is 0.271 e. The first-order chi connectivity index (χ1) is 13.3. The molecule has 0 aliphatic rings. The van der Waals surface area contributed by atoms with Crippen LogP contribution in [0.25, 0.3) is 11.1 Å². The molecule has 0 saturated heterocycles. The minimum Gasteiger partial charge on any atom is -0.321 e. The molecule has 9 heteroatoms. The Morgan fingerprint density at radius 3 is 1.96 bits per heavy atom. The number of nitrogens with zero attached hydrogens (tertiary/aromatic N) is 2. The summed E-state index contributed by atoms with van der Waals surface area (Å²) in [7, 11) is 0. The number of rotatable bonds is 5. The quantitative estimate of drug-likeness (QED) is 0.514. The summed E-state index contributed by atoms with van der Waals surface area (Å²) in [6.45, 7) is 0. The van der Waals surface area contributed by atoms with Crippen molar-refractivity contribution in [1.82, 2.24) is 0 Å². The number of halogens is 1. The number of amides is 1. The van der Waals surface area contributed by atoms with Gasteiger partial charge in [-0.2, -0.15) is 0 Å². The second kappa shape index (κ2) is 7.62. The number of nitro benzene ring substituents is 2. The van der Waals surface area contributed by atoms with Gasteiger partial charge in [0.15, 0.2) is 0 Å². The molecule has 3 aromatic rings. The lowest BCUT2D eigenvalue weighted by Gasteiger charge is -2.11. The summed E-state index contributed by atoms with van der Waals surface area (Å²) in [5, 5.41) is 24.5. The van der Waals surface area contributed by atoms with Crippen LogP contribution in [0.1, 0.15) is 10.4 Å². The van der Waals surface area contributed by atoms with Gasteiger partial charge in [-0.05, 0) is 48.0 Å². The van der Waals surface area contributed by atoms with Gasteiger partial charge in [-0.1, -0.05) is 0 Å². The molecule has 0 radical (unpaired) electrons. The smallest absolute Gasteiger partial charge is 0.271 e. The molecule has 0 aromatic heterocycles. The second-order valence-corrected chi connectivity index (χ2v) is 5.75. The monoisotopic (exact) mass is 381 g/mol. The Morgan fingerprint density at radius 2 is 1.39 bits per heavy atom. The number of anilines is 1. The number of nitrogens with one attached hydrogen (secondary N) is 1. The Balaban J connectivity index is 2.00. The highest BCUT2D eigenvalue weighted by Crippen LogP contribution is 2.32. The molecule has 0 heterocycles. The Hall–Kier alpha value is -4.14. The molecule has 0 bridgehead atoms. The van der Waals surface area contributed by atoms with Gasteiger partial charge in [-0.25, -0.2) is 4.39 Å². The Bertz CT molecular complexity index is 1070. The van der Waals surface area contributed by atoms with Crippen LogP contribution in [-0.4, -0.2) is 15.8 Å². The Labute approximate surface area is 157 Å². The van der Waals surface area contributed by atoms with E-state index in [2.05, 4.69) is 5.32 Å². The zero-order valence-electron chi connectivity index (χ0n) is 14.2. The molecule has 0 atom stereocenters. The van der Waals surface area contributed by atoms with Gasteiger partial charge in [-0.15, -0.1) is 0 Å². The number of nitro groups is 2. The lowest BCUT2D eigenvalue weighted by atomic mass is 10.0. The van der Waals surface area contributed by atoms with Gasteiger partial charge in [-0.3, -0.25) is 25.0 Å². The van der Waals surface area contributed by atoms with Crippen molar-refractivity contribution < 1.29 is 19.0 Å². The first-order valence-electron chi connectivity index (χ1n) is 7.95. The summed E-state index contributed by atoms with van der Waals surface area (Å²) in [5.74, 6) is -1.08. The third-order valence-corrected chi connectivity index (χ3v) is 3.96. The highest BCUT2D eigenvalue weighted by molar-refractivity contribution is 6.06. The highest BCUT2D eigenvalue weighted by Gasteiger charge is 2.16. The third-order valence-electron chi connectivity index (χ3n) is 3.96. The molecule has 0 saturated carbocycles. The molecule has 140 valence electrons. The first kappa shape index (κ1) is 18.6. The van der Waals surface area contributed by atoms with Crippen molar-refractivity contribution in [3.05, 3.63) is 98.3 Å². The van der Waals surface area contributed by atoms with Gasteiger partial charge in [0.2, 0.25) is 0 Å². The van der Waals surface area contributed by atoms with Crippen LogP contribution in [0.5, 0.6) is 0 Å². The molecular formula is C19H12FN3O5. The van der Waals surface area contributed by atoms with Gasteiger partial charge in [0.1, 0.15) is 5.82 Å². The van der Waals surface area contributed by atoms with Crippen molar-refractivity contribution >= 4 is 23.0 Å². The van der Waals surface area contributed by atoms with Crippen molar-refractivity contribution in [3.8, 4) is 11.1 Å². The molecule has 0 aliphatic heterocycles. The van der Waals surface area contributed by atoms with E-state index >= 15 is 0 Å². The average Bonchev–Trinajstić information content (AvgIpc) is 2.68. The van der Waals surface area contributed by atoms with E-state index in [0.29, 0.717) is 11.1 Å². The van der Waals surface area contributed by atoms with E-state index < -0.39 is 21.6 Å². The number of benzene rings is 3. The summed E-state index contributed by atoms with van der Waals surface area (Å²) in [5.41, 5.74) is 0.938. The SMILES string of the molecule is O=C(Nc1cc([N+](=O)[O-])ccc1-c1ccc([N+](=O)[O-])cc1)c1ccc(F)cc1. The van der Waals surface area contributed by atoms with Crippen molar-refractivity contribution in [1.29, 1.82) is 0 Å². The van der Waals surface area contributed by atoms with Crippen LogP contribution >= 0.6 is 0 Å². The minimum absolute atomic E-state index is 0.109. The van der Waals surface area contributed by atoms with Crippen LogP contribution in [0.4, 0.5) is 21.5 Å². The van der Waals surface area contributed by atoms with Gasteiger partial charge < -0.3 is 5.32 Å². The van der Waals surface area contributed by atoms with E-state index in [1.165, 1.54) is 54.6 Å². The van der Waals surface area contributed by atoms with Gasteiger partial charge in [0.05, 0.1) is 15.5 Å². The van der Waals surface area contributed by atoms with Crippen molar-refractivity contribution in [2.24, 2.45) is 0 Å². The molecule has 0 unspecified atom stereocenters. The number of hydrogen-bond acceptors (Lipinski definition) is 5. The summed E-state index contributed by atoms with van der Waals surface area (Å²) in [4.78, 5) is 33.2. The molecule has 3 aromatic carbocycles. The van der Waals surface area contributed by atoms with E-state index in [4.69, 9.17) is 0 Å². The number of hydrogen-bond donors (Lipinski definition) is 1. The van der Waals surface area contributed by atoms with E-state index in [9.17, 15) is 29.4 Å². The standard InChI is InChI=1S/C19H12FN3O5/c20-14-5-1-13(2-6-14)19(24)21-18-11-16(23(27)28)9-10-17(18)12-3-7-15(8-4-12)22(25)26/h1-11H,(H,21,24). The predicted octanol–water partition coefficient (Wildman–Crippen LogP) is 4.56. The molecule has 1 N–H and O–H groups in total. The van der Waals surface area contributed by atoms with Crippen LogP contribution < -0.4 is 5.32 Å². The van der Waals surface area contributed by atoms with E-state index in [1.807, 2.05) is 0 Å². The van der Waals surface area contributed by atoms with E-state index in [-0.39, 0.29) is 22.6 Å². The average molecular weight is 381 g/mol.